The number of phenols is 2. The molecule has 108 valence electrons. The predicted octanol–water partition coefficient (Wildman–Crippen LogP) is 2.24. The molecule has 0 saturated carbocycles. The highest BCUT2D eigenvalue weighted by molar-refractivity contribution is 6.03. The third-order valence-electron chi connectivity index (χ3n) is 2.86. The zero-order valence-corrected chi connectivity index (χ0v) is 11.2. The predicted molar refractivity (Wildman–Crippen MR) is 79.8 cm³/mol. The Balaban J connectivity index is 2.05. The van der Waals surface area contributed by atoms with E-state index in [0.717, 1.165) is 11.1 Å². The molecule has 0 heterocycles. The number of amides is 1. The van der Waals surface area contributed by atoms with Gasteiger partial charge in [0.2, 0.25) is 5.91 Å². The summed E-state index contributed by atoms with van der Waals surface area (Å²) in [6, 6.07) is 11.3. The summed E-state index contributed by atoms with van der Waals surface area (Å²) in [6.45, 7) is -0.0307. The zero-order valence-electron chi connectivity index (χ0n) is 11.2. The van der Waals surface area contributed by atoms with E-state index in [0.29, 0.717) is 0 Å². The number of aliphatic hydroxyl groups is 1. The van der Waals surface area contributed by atoms with Crippen LogP contribution in [0.2, 0.25) is 0 Å². The standard InChI is InChI=1S/C16H15NO4/c18-10-12-6-4-11(5-7-12)8-9-15(21)17-16-13(19)2-1-3-14(16)20/h1-9,18-20H,10H2,(H,17,21)/b9-8+. The number of carbonyl (C=O) groups is 1. The van der Waals surface area contributed by atoms with Crippen LogP contribution in [0.4, 0.5) is 5.69 Å². The molecule has 5 nitrogen and oxygen atoms in total. The highest BCUT2D eigenvalue weighted by Crippen LogP contribution is 2.32. The van der Waals surface area contributed by atoms with Crippen LogP contribution in [0.1, 0.15) is 11.1 Å². The molecule has 2 rings (SSSR count). The number of anilines is 1. The van der Waals surface area contributed by atoms with Gasteiger partial charge in [-0.05, 0) is 29.3 Å². The van der Waals surface area contributed by atoms with Crippen LogP contribution in [0.5, 0.6) is 11.5 Å². The van der Waals surface area contributed by atoms with Gasteiger partial charge in [-0.3, -0.25) is 4.79 Å². The van der Waals surface area contributed by atoms with Crippen molar-refractivity contribution in [3.63, 3.8) is 0 Å². The fraction of sp³-hybridized carbons (Fsp3) is 0.0625. The van der Waals surface area contributed by atoms with Gasteiger partial charge in [-0.25, -0.2) is 0 Å². The van der Waals surface area contributed by atoms with Crippen LogP contribution in [0.3, 0.4) is 0 Å². The van der Waals surface area contributed by atoms with Crippen molar-refractivity contribution in [3.8, 4) is 11.5 Å². The Morgan fingerprint density at radius 3 is 2.24 bits per heavy atom. The summed E-state index contributed by atoms with van der Waals surface area (Å²) in [5.74, 6) is -0.883. The van der Waals surface area contributed by atoms with Crippen LogP contribution in [-0.2, 0) is 11.4 Å². The zero-order chi connectivity index (χ0) is 15.2. The molecule has 0 fully saturated rings. The van der Waals surface area contributed by atoms with E-state index in [4.69, 9.17) is 5.11 Å². The number of carbonyl (C=O) groups excluding carboxylic acids is 1. The topological polar surface area (TPSA) is 89.8 Å². The molecule has 0 spiro atoms. The summed E-state index contributed by atoms with van der Waals surface area (Å²) < 4.78 is 0. The maximum absolute atomic E-state index is 11.8. The molecule has 2 aromatic rings. The molecule has 0 saturated heterocycles. The van der Waals surface area contributed by atoms with Crippen molar-refractivity contribution in [2.45, 2.75) is 6.61 Å². The SMILES string of the molecule is O=C(/C=C/c1ccc(CO)cc1)Nc1c(O)cccc1O. The lowest BCUT2D eigenvalue weighted by atomic mass is 10.1. The number of nitrogens with one attached hydrogen (secondary N) is 1. The molecule has 5 heteroatoms. The van der Waals surface area contributed by atoms with Crippen LogP contribution < -0.4 is 5.32 Å². The normalized spacial score (nSPS) is 10.7. The molecule has 1 amide bonds. The summed E-state index contributed by atoms with van der Waals surface area (Å²) in [4.78, 5) is 11.8. The first-order valence-corrected chi connectivity index (χ1v) is 6.30. The minimum Gasteiger partial charge on any atom is -0.506 e. The number of benzene rings is 2. The van der Waals surface area contributed by atoms with Crippen molar-refractivity contribution in [3.05, 3.63) is 59.7 Å². The maximum atomic E-state index is 11.8. The Labute approximate surface area is 121 Å². The summed E-state index contributed by atoms with van der Waals surface area (Å²) in [5.41, 5.74) is 1.56. The Kier molecular flexibility index (Phi) is 4.58. The summed E-state index contributed by atoms with van der Waals surface area (Å²) >= 11 is 0. The molecule has 0 bridgehead atoms. The van der Waals surface area contributed by atoms with E-state index < -0.39 is 5.91 Å². The van der Waals surface area contributed by atoms with Crippen molar-refractivity contribution in [2.24, 2.45) is 0 Å². The average Bonchev–Trinajstić information content (AvgIpc) is 2.49. The van der Waals surface area contributed by atoms with Crippen LogP contribution >= 0.6 is 0 Å². The number of para-hydroxylation sites is 1. The fourth-order valence-corrected chi connectivity index (χ4v) is 1.73. The van der Waals surface area contributed by atoms with E-state index in [9.17, 15) is 15.0 Å². The monoisotopic (exact) mass is 285 g/mol. The largest absolute Gasteiger partial charge is 0.506 e. The van der Waals surface area contributed by atoms with Crippen LogP contribution in [-0.4, -0.2) is 21.2 Å². The third kappa shape index (κ3) is 3.84. The number of aliphatic hydroxyl groups excluding tert-OH is 1. The first-order valence-electron chi connectivity index (χ1n) is 6.30. The van der Waals surface area contributed by atoms with Gasteiger partial charge in [-0.15, -0.1) is 0 Å². The quantitative estimate of drug-likeness (QED) is 0.512. The van der Waals surface area contributed by atoms with Gasteiger partial charge in [0, 0.05) is 6.08 Å². The fourth-order valence-electron chi connectivity index (χ4n) is 1.73. The number of rotatable bonds is 4. The van der Waals surface area contributed by atoms with E-state index in [2.05, 4.69) is 5.32 Å². The summed E-state index contributed by atoms with van der Waals surface area (Å²) in [6.07, 6.45) is 2.88. The highest BCUT2D eigenvalue weighted by atomic mass is 16.3. The van der Waals surface area contributed by atoms with Gasteiger partial charge < -0.3 is 20.6 Å². The Morgan fingerprint density at radius 1 is 1.05 bits per heavy atom. The molecule has 0 aliphatic carbocycles. The second-order valence-electron chi connectivity index (χ2n) is 4.39. The molecule has 21 heavy (non-hydrogen) atoms. The summed E-state index contributed by atoms with van der Waals surface area (Å²) in [7, 11) is 0. The maximum Gasteiger partial charge on any atom is 0.248 e. The Bertz CT molecular complexity index is 642. The van der Waals surface area contributed by atoms with E-state index in [-0.39, 0.29) is 23.8 Å². The second-order valence-corrected chi connectivity index (χ2v) is 4.39. The van der Waals surface area contributed by atoms with E-state index >= 15 is 0 Å². The molecule has 0 aliphatic rings. The lowest BCUT2D eigenvalue weighted by Crippen LogP contribution is -2.08. The van der Waals surface area contributed by atoms with E-state index in [1.165, 1.54) is 24.3 Å². The minimum atomic E-state index is -0.474. The minimum absolute atomic E-state index is 0.0252. The molecule has 0 unspecified atom stereocenters. The highest BCUT2D eigenvalue weighted by Gasteiger charge is 2.08. The lowest BCUT2D eigenvalue weighted by Gasteiger charge is -2.06. The van der Waals surface area contributed by atoms with Crippen molar-refractivity contribution >= 4 is 17.7 Å². The van der Waals surface area contributed by atoms with Crippen molar-refractivity contribution < 1.29 is 20.1 Å². The van der Waals surface area contributed by atoms with Crippen molar-refractivity contribution in [2.75, 3.05) is 5.32 Å². The first-order chi connectivity index (χ1) is 10.1. The molecule has 4 N–H and O–H groups in total. The number of aromatic hydroxyl groups is 2. The Morgan fingerprint density at radius 2 is 1.67 bits per heavy atom. The molecule has 2 aromatic carbocycles. The van der Waals surface area contributed by atoms with Gasteiger partial charge in [0.25, 0.3) is 0 Å². The van der Waals surface area contributed by atoms with Crippen molar-refractivity contribution in [1.82, 2.24) is 0 Å². The third-order valence-corrected chi connectivity index (χ3v) is 2.86. The van der Waals surface area contributed by atoms with Gasteiger partial charge in [0.05, 0.1) is 6.61 Å². The molecular formula is C16H15NO4. The first kappa shape index (κ1) is 14.6. The summed E-state index contributed by atoms with van der Waals surface area (Å²) in [5, 5.41) is 30.5. The van der Waals surface area contributed by atoms with Gasteiger partial charge in [-0.1, -0.05) is 30.3 Å². The molecular weight excluding hydrogens is 270 g/mol. The number of hydrogen-bond donors (Lipinski definition) is 4. The van der Waals surface area contributed by atoms with Gasteiger partial charge >= 0.3 is 0 Å². The number of hydrogen-bond acceptors (Lipinski definition) is 4. The van der Waals surface area contributed by atoms with Crippen LogP contribution in [0.25, 0.3) is 6.08 Å². The Hall–Kier alpha value is -2.79. The average molecular weight is 285 g/mol. The van der Waals surface area contributed by atoms with Crippen molar-refractivity contribution in [1.29, 1.82) is 0 Å². The molecule has 0 atom stereocenters. The lowest BCUT2D eigenvalue weighted by molar-refractivity contribution is -0.111. The molecule has 0 aromatic heterocycles. The smallest absolute Gasteiger partial charge is 0.248 e. The number of phenolic OH excluding ortho intramolecular Hbond substituents is 2. The second kappa shape index (κ2) is 6.58. The van der Waals surface area contributed by atoms with E-state index in [1.54, 1.807) is 30.3 Å². The van der Waals surface area contributed by atoms with Crippen LogP contribution in [0, 0.1) is 0 Å². The molecule has 0 aliphatic heterocycles. The van der Waals surface area contributed by atoms with Crippen LogP contribution in [0.15, 0.2) is 48.5 Å². The van der Waals surface area contributed by atoms with Gasteiger partial charge in [0.15, 0.2) is 0 Å². The van der Waals surface area contributed by atoms with E-state index in [1.807, 2.05) is 0 Å². The van der Waals surface area contributed by atoms with Gasteiger partial charge in [0.1, 0.15) is 17.2 Å². The van der Waals surface area contributed by atoms with Gasteiger partial charge in [-0.2, -0.15) is 0 Å². The molecule has 0 radical (unpaired) electrons.